The highest BCUT2D eigenvalue weighted by Gasteiger charge is 2.36. The highest BCUT2D eigenvalue weighted by atomic mass is 19.1. The van der Waals surface area contributed by atoms with Crippen molar-refractivity contribution in [3.8, 4) is 22.6 Å². The number of ketones is 1. The summed E-state index contributed by atoms with van der Waals surface area (Å²) in [5.41, 5.74) is 2.66. The van der Waals surface area contributed by atoms with Gasteiger partial charge in [0.25, 0.3) is 0 Å². The van der Waals surface area contributed by atoms with Crippen LogP contribution in [-0.2, 0) is 16.6 Å². The van der Waals surface area contributed by atoms with Crippen molar-refractivity contribution in [2.45, 2.75) is 32.1 Å². The van der Waals surface area contributed by atoms with Crippen LogP contribution in [0.4, 0.5) is 4.39 Å². The number of hydrogen-bond donors (Lipinski definition) is 0. The molecule has 0 spiro atoms. The van der Waals surface area contributed by atoms with E-state index in [9.17, 15) is 9.18 Å². The van der Waals surface area contributed by atoms with E-state index in [0.29, 0.717) is 35.5 Å². The Morgan fingerprint density at radius 1 is 1.00 bits per heavy atom. The van der Waals surface area contributed by atoms with Crippen LogP contribution in [0.2, 0.25) is 0 Å². The molecule has 24 heavy (non-hydrogen) atoms. The number of benzene rings is 2. The Kier molecular flexibility index (Phi) is 4.08. The van der Waals surface area contributed by atoms with Crippen LogP contribution in [0, 0.1) is 5.82 Å². The number of ether oxygens (including phenoxy) is 2. The van der Waals surface area contributed by atoms with Gasteiger partial charge in [0.05, 0.1) is 14.2 Å². The van der Waals surface area contributed by atoms with Gasteiger partial charge >= 0.3 is 0 Å². The largest absolute Gasteiger partial charge is 0.497 e. The second kappa shape index (κ2) is 5.93. The molecule has 0 atom stereocenters. The molecule has 0 saturated carbocycles. The number of fused-ring (bicyclic) bond motifs is 1. The normalized spacial score (nSPS) is 15.8. The van der Waals surface area contributed by atoms with E-state index in [2.05, 4.69) is 0 Å². The van der Waals surface area contributed by atoms with Gasteiger partial charge in [-0.3, -0.25) is 4.79 Å². The molecule has 3 rings (SSSR count). The number of aryl methyl sites for hydroxylation is 1. The first-order valence-electron chi connectivity index (χ1n) is 7.97. The molecule has 0 saturated heterocycles. The monoisotopic (exact) mass is 328 g/mol. The Bertz CT molecular complexity index is 809. The topological polar surface area (TPSA) is 35.5 Å². The molecule has 0 fully saturated rings. The fourth-order valence-corrected chi connectivity index (χ4v) is 3.34. The molecule has 2 aromatic rings. The van der Waals surface area contributed by atoms with E-state index in [0.717, 1.165) is 11.1 Å². The third kappa shape index (κ3) is 2.56. The van der Waals surface area contributed by atoms with Gasteiger partial charge in [-0.25, -0.2) is 4.39 Å². The Morgan fingerprint density at radius 3 is 2.38 bits per heavy atom. The van der Waals surface area contributed by atoms with Crippen molar-refractivity contribution in [3.05, 3.63) is 47.3 Å². The molecule has 0 amide bonds. The smallest absolute Gasteiger partial charge is 0.143 e. The average Bonchev–Trinajstić information content (AvgIpc) is 2.57. The van der Waals surface area contributed by atoms with Crippen LogP contribution in [0.1, 0.15) is 31.4 Å². The highest BCUT2D eigenvalue weighted by Crippen LogP contribution is 2.42. The van der Waals surface area contributed by atoms with Crippen molar-refractivity contribution < 1.29 is 18.7 Å². The zero-order valence-corrected chi connectivity index (χ0v) is 14.4. The van der Waals surface area contributed by atoms with Gasteiger partial charge in [-0.05, 0) is 55.7 Å². The molecule has 126 valence electrons. The van der Waals surface area contributed by atoms with Crippen LogP contribution in [0.5, 0.6) is 11.5 Å². The maximum Gasteiger partial charge on any atom is 0.143 e. The number of rotatable bonds is 3. The molecule has 0 heterocycles. The molecule has 0 aromatic heterocycles. The molecule has 0 aliphatic heterocycles. The highest BCUT2D eigenvalue weighted by molar-refractivity contribution is 5.92. The molecule has 4 heteroatoms. The van der Waals surface area contributed by atoms with Gasteiger partial charge in [0.15, 0.2) is 0 Å². The number of methoxy groups -OCH3 is 2. The van der Waals surface area contributed by atoms with Crippen LogP contribution in [0.15, 0.2) is 30.3 Å². The molecule has 0 unspecified atom stereocenters. The van der Waals surface area contributed by atoms with Crippen LogP contribution >= 0.6 is 0 Å². The summed E-state index contributed by atoms with van der Waals surface area (Å²) < 4.78 is 25.1. The minimum atomic E-state index is -0.544. The molecule has 3 nitrogen and oxygen atoms in total. The van der Waals surface area contributed by atoms with E-state index in [-0.39, 0.29) is 11.6 Å². The summed E-state index contributed by atoms with van der Waals surface area (Å²) in [6.45, 7) is 3.86. The number of hydrogen-bond acceptors (Lipinski definition) is 3. The van der Waals surface area contributed by atoms with Gasteiger partial charge in [-0.15, -0.1) is 0 Å². The van der Waals surface area contributed by atoms with E-state index < -0.39 is 5.41 Å². The summed E-state index contributed by atoms with van der Waals surface area (Å²) in [6, 6.07) is 8.61. The summed E-state index contributed by atoms with van der Waals surface area (Å²) in [6.07, 6.45) is 1.18. The number of Topliss-reactive ketones (excluding diaryl/α,β-unsaturated/α-hetero) is 1. The molecule has 1 aliphatic rings. The minimum absolute atomic E-state index is 0.223. The van der Waals surface area contributed by atoms with E-state index in [1.165, 1.54) is 13.2 Å². The summed E-state index contributed by atoms with van der Waals surface area (Å²) in [5, 5.41) is 0. The van der Waals surface area contributed by atoms with E-state index in [1.54, 1.807) is 19.2 Å². The van der Waals surface area contributed by atoms with E-state index >= 15 is 0 Å². The first kappa shape index (κ1) is 16.5. The first-order valence-corrected chi connectivity index (χ1v) is 7.97. The summed E-state index contributed by atoms with van der Waals surface area (Å²) >= 11 is 0. The lowest BCUT2D eigenvalue weighted by Gasteiger charge is -2.32. The molecule has 0 N–H and O–H groups in total. The van der Waals surface area contributed by atoms with E-state index in [1.807, 2.05) is 26.0 Å². The van der Waals surface area contributed by atoms with Crippen molar-refractivity contribution in [3.63, 3.8) is 0 Å². The SMILES string of the molecule is COc1ccc(-c2cc3c(cc2OC)C(C)(C)C(=O)CC3)c(F)c1. The summed E-state index contributed by atoms with van der Waals surface area (Å²) in [5.74, 6) is 0.902. The van der Waals surface area contributed by atoms with Crippen molar-refractivity contribution in [2.24, 2.45) is 0 Å². The second-order valence-corrected chi connectivity index (χ2v) is 6.60. The lowest BCUT2D eigenvalue weighted by molar-refractivity contribution is -0.124. The minimum Gasteiger partial charge on any atom is -0.497 e. The predicted molar refractivity (Wildman–Crippen MR) is 91.3 cm³/mol. The third-order valence-electron chi connectivity index (χ3n) is 4.88. The Hall–Kier alpha value is -2.36. The average molecular weight is 328 g/mol. The molecule has 2 aromatic carbocycles. The van der Waals surface area contributed by atoms with Gasteiger partial charge in [0.1, 0.15) is 23.1 Å². The van der Waals surface area contributed by atoms with Crippen molar-refractivity contribution in [2.75, 3.05) is 14.2 Å². The van der Waals surface area contributed by atoms with E-state index in [4.69, 9.17) is 9.47 Å². The Labute approximate surface area is 141 Å². The second-order valence-electron chi connectivity index (χ2n) is 6.60. The number of carbonyl (C=O) groups excluding carboxylic acids is 1. The maximum absolute atomic E-state index is 14.5. The molecule has 0 bridgehead atoms. The van der Waals surface area contributed by atoms with Crippen LogP contribution < -0.4 is 9.47 Å². The van der Waals surface area contributed by atoms with Gasteiger partial charge in [-0.1, -0.05) is 0 Å². The van der Waals surface area contributed by atoms with Crippen LogP contribution in [-0.4, -0.2) is 20.0 Å². The fourth-order valence-electron chi connectivity index (χ4n) is 3.34. The molecular weight excluding hydrogens is 307 g/mol. The van der Waals surface area contributed by atoms with Crippen molar-refractivity contribution in [1.29, 1.82) is 0 Å². The van der Waals surface area contributed by atoms with Gasteiger partial charge in [0.2, 0.25) is 0 Å². The van der Waals surface area contributed by atoms with Crippen molar-refractivity contribution in [1.82, 2.24) is 0 Å². The first-order chi connectivity index (χ1) is 11.4. The van der Waals surface area contributed by atoms with Crippen LogP contribution in [0.3, 0.4) is 0 Å². The summed E-state index contributed by atoms with van der Waals surface area (Å²) in [4.78, 5) is 12.2. The zero-order valence-electron chi connectivity index (χ0n) is 14.4. The number of carbonyl (C=O) groups is 1. The maximum atomic E-state index is 14.5. The summed E-state index contributed by atoms with van der Waals surface area (Å²) in [7, 11) is 3.07. The molecule has 1 aliphatic carbocycles. The Balaban J connectivity index is 2.19. The van der Waals surface area contributed by atoms with Crippen LogP contribution in [0.25, 0.3) is 11.1 Å². The lowest BCUT2D eigenvalue weighted by Crippen LogP contribution is -2.34. The van der Waals surface area contributed by atoms with Gasteiger partial charge < -0.3 is 9.47 Å². The molecule has 0 radical (unpaired) electrons. The Morgan fingerprint density at radius 2 is 1.75 bits per heavy atom. The fraction of sp³-hybridized carbons (Fsp3) is 0.350. The molecular formula is C20H21FO3. The lowest BCUT2D eigenvalue weighted by atomic mass is 9.71. The predicted octanol–water partition coefficient (Wildman–Crippen LogP) is 4.30. The van der Waals surface area contributed by atoms with Crippen molar-refractivity contribution >= 4 is 5.78 Å². The third-order valence-corrected chi connectivity index (χ3v) is 4.88. The quantitative estimate of drug-likeness (QED) is 0.842. The van der Waals surface area contributed by atoms with Gasteiger partial charge in [0, 0.05) is 29.0 Å². The number of halogens is 1. The zero-order chi connectivity index (χ0) is 17.5. The van der Waals surface area contributed by atoms with Gasteiger partial charge in [-0.2, -0.15) is 0 Å². The standard InChI is InChI=1S/C20H21FO3/c1-20(2)16-11-18(24-4)15(9-12(16)5-8-19(20)22)14-7-6-13(23-3)10-17(14)21/h6-7,9-11H,5,8H2,1-4H3.